The van der Waals surface area contributed by atoms with Crippen molar-refractivity contribution in [3.63, 3.8) is 0 Å². The summed E-state index contributed by atoms with van der Waals surface area (Å²) in [6, 6.07) is 0. The summed E-state index contributed by atoms with van der Waals surface area (Å²) >= 11 is -2.18. The van der Waals surface area contributed by atoms with Crippen LogP contribution in [-0.2, 0) is 11.1 Å². The van der Waals surface area contributed by atoms with Gasteiger partial charge in [-0.3, -0.25) is 0 Å². The van der Waals surface area contributed by atoms with Crippen LogP contribution >= 0.6 is 0 Å². The molecule has 2 unspecified atom stereocenters. The fourth-order valence-corrected chi connectivity index (χ4v) is 0.247. The average Bonchev–Trinajstić information content (AvgIpc) is 1.65. The Hall–Kier alpha value is 0.0300. The van der Waals surface area contributed by atoms with E-state index >= 15 is 0 Å². The van der Waals surface area contributed by atoms with Crippen LogP contribution in [0.25, 0.3) is 0 Å². The molecule has 0 saturated carbocycles. The highest BCUT2D eigenvalue weighted by Crippen LogP contribution is 1.80. The molecule has 0 aromatic carbocycles. The summed E-state index contributed by atoms with van der Waals surface area (Å²) in [4.78, 5) is 0. The van der Waals surface area contributed by atoms with E-state index in [9.17, 15) is 4.21 Å². The number of nitrogens with two attached hydrogens (primary N) is 1. The molecule has 0 aliphatic rings. The topological polar surface area (TPSA) is 83.5 Å². The molecule has 44 valence electrons. The quantitative estimate of drug-likeness (QED) is 0.391. The number of rotatable bonds is 2. The van der Waals surface area contributed by atoms with Gasteiger partial charge in [0, 0.05) is 6.54 Å². The number of hydrogen-bond acceptors (Lipinski definition) is 3. The van der Waals surface area contributed by atoms with Gasteiger partial charge in [0.25, 0.3) is 0 Å². The molecule has 0 aromatic rings. The average molecular weight is 125 g/mol. The van der Waals surface area contributed by atoms with Gasteiger partial charge in [-0.05, 0) is 0 Å². The smallest absolute Gasteiger partial charge is 0.183 e. The third-order valence-corrected chi connectivity index (χ3v) is 1.09. The highest BCUT2D eigenvalue weighted by Gasteiger charge is 2.04. The minimum atomic E-state index is -2.18. The lowest BCUT2D eigenvalue weighted by Gasteiger charge is -1.97. The molecule has 2 atom stereocenters. The lowest BCUT2D eigenvalue weighted by Crippen LogP contribution is -2.23. The van der Waals surface area contributed by atoms with E-state index in [1.165, 1.54) is 0 Å². The van der Waals surface area contributed by atoms with Crippen molar-refractivity contribution in [3.05, 3.63) is 0 Å². The predicted octanol–water partition coefficient (Wildman–Crippen LogP) is -1.51. The van der Waals surface area contributed by atoms with Gasteiger partial charge >= 0.3 is 0 Å². The predicted molar refractivity (Wildman–Crippen MR) is 25.8 cm³/mol. The third kappa shape index (κ3) is 2.69. The Morgan fingerprint density at radius 3 is 2.29 bits per heavy atom. The van der Waals surface area contributed by atoms with Gasteiger partial charge in [0.05, 0.1) is 0 Å². The standard InChI is InChI=1S/C2H7NO3S/c3-1-2(4)7(5)6/h2,4H,1,3H2,(H,5,6). The van der Waals surface area contributed by atoms with Gasteiger partial charge in [-0.1, -0.05) is 0 Å². The molecule has 0 aliphatic carbocycles. The molecule has 5 heteroatoms. The highest BCUT2D eigenvalue weighted by atomic mass is 32.2. The van der Waals surface area contributed by atoms with Crippen LogP contribution in [0.1, 0.15) is 0 Å². The van der Waals surface area contributed by atoms with E-state index in [1.807, 2.05) is 0 Å². The summed E-state index contributed by atoms with van der Waals surface area (Å²) in [5, 5.41) is 8.26. The van der Waals surface area contributed by atoms with Gasteiger partial charge in [0.1, 0.15) is 0 Å². The zero-order chi connectivity index (χ0) is 5.86. The highest BCUT2D eigenvalue weighted by molar-refractivity contribution is 7.79. The van der Waals surface area contributed by atoms with E-state index < -0.39 is 16.5 Å². The molecule has 4 nitrogen and oxygen atoms in total. The van der Waals surface area contributed by atoms with E-state index in [-0.39, 0.29) is 6.54 Å². The Labute approximate surface area is 43.6 Å². The Kier molecular flexibility index (Phi) is 3.10. The van der Waals surface area contributed by atoms with Crippen LogP contribution in [0.5, 0.6) is 0 Å². The van der Waals surface area contributed by atoms with Crippen LogP contribution in [0, 0.1) is 0 Å². The Morgan fingerprint density at radius 2 is 2.29 bits per heavy atom. The largest absolute Gasteiger partial charge is 0.376 e. The van der Waals surface area contributed by atoms with E-state index in [4.69, 9.17) is 15.4 Å². The summed E-state index contributed by atoms with van der Waals surface area (Å²) in [7, 11) is 0. The fourth-order valence-electron chi connectivity index (χ4n) is 0.0823. The van der Waals surface area contributed by atoms with Gasteiger partial charge in [0.2, 0.25) is 0 Å². The monoisotopic (exact) mass is 125 g/mol. The molecule has 0 amide bonds. The number of aliphatic hydroxyl groups excluding tert-OH is 1. The number of aliphatic hydroxyl groups is 1. The molecule has 0 rings (SSSR count). The molecule has 0 saturated heterocycles. The van der Waals surface area contributed by atoms with E-state index in [0.717, 1.165) is 0 Å². The van der Waals surface area contributed by atoms with Gasteiger partial charge in [-0.15, -0.1) is 0 Å². The summed E-state index contributed by atoms with van der Waals surface area (Å²) in [5.41, 5.74) is 3.48. The normalized spacial score (nSPS) is 18.7. The maximum Gasteiger partial charge on any atom is 0.183 e. The van der Waals surface area contributed by atoms with Gasteiger partial charge < -0.3 is 15.4 Å². The molecule has 7 heavy (non-hydrogen) atoms. The van der Waals surface area contributed by atoms with Crippen LogP contribution < -0.4 is 5.73 Å². The summed E-state index contributed by atoms with van der Waals surface area (Å²) < 4.78 is 17.7. The van der Waals surface area contributed by atoms with Crippen LogP contribution in [0.15, 0.2) is 0 Å². The first-order chi connectivity index (χ1) is 3.18. The fraction of sp³-hybridized carbons (Fsp3) is 1.00. The minimum absolute atomic E-state index is 0.177. The van der Waals surface area contributed by atoms with Crippen LogP contribution in [-0.4, -0.2) is 25.8 Å². The second-order valence-corrected chi connectivity index (χ2v) is 2.06. The first-order valence-electron chi connectivity index (χ1n) is 1.66. The van der Waals surface area contributed by atoms with Crippen molar-refractivity contribution in [1.29, 1.82) is 0 Å². The lowest BCUT2D eigenvalue weighted by molar-refractivity contribution is 0.253. The Morgan fingerprint density at radius 1 is 1.86 bits per heavy atom. The van der Waals surface area contributed by atoms with Crippen LogP contribution in [0.3, 0.4) is 0 Å². The molecule has 0 heterocycles. The van der Waals surface area contributed by atoms with Crippen molar-refractivity contribution < 1.29 is 13.9 Å². The second-order valence-electron chi connectivity index (χ2n) is 0.967. The van der Waals surface area contributed by atoms with Crippen LogP contribution in [0.2, 0.25) is 0 Å². The van der Waals surface area contributed by atoms with Crippen molar-refractivity contribution in [3.8, 4) is 0 Å². The lowest BCUT2D eigenvalue weighted by atomic mass is 10.7. The maximum atomic E-state index is 9.71. The van der Waals surface area contributed by atoms with Crippen molar-refractivity contribution in [2.75, 3.05) is 6.54 Å². The first kappa shape index (κ1) is 7.03. The van der Waals surface area contributed by atoms with Crippen molar-refractivity contribution >= 4 is 11.1 Å². The SMILES string of the molecule is NCC(O)S(=O)O. The number of hydrogen-bond donors (Lipinski definition) is 3. The zero-order valence-electron chi connectivity index (χ0n) is 3.57. The van der Waals surface area contributed by atoms with Crippen molar-refractivity contribution in [2.24, 2.45) is 5.73 Å². The Balaban J connectivity index is 3.34. The minimum Gasteiger partial charge on any atom is -0.376 e. The van der Waals surface area contributed by atoms with Crippen LogP contribution in [0.4, 0.5) is 0 Å². The second kappa shape index (κ2) is 3.09. The Bertz CT molecular complexity index is 75.3. The molecular weight excluding hydrogens is 118 g/mol. The molecule has 0 radical (unpaired) electrons. The van der Waals surface area contributed by atoms with Gasteiger partial charge in [0.15, 0.2) is 16.5 Å². The van der Waals surface area contributed by atoms with Crippen molar-refractivity contribution in [2.45, 2.75) is 5.44 Å². The van der Waals surface area contributed by atoms with Gasteiger partial charge in [-0.2, -0.15) is 0 Å². The molecule has 0 spiro atoms. The summed E-state index contributed by atoms with van der Waals surface area (Å²) in [6.45, 7) is -0.177. The van der Waals surface area contributed by atoms with E-state index in [0.29, 0.717) is 0 Å². The molecule has 4 N–H and O–H groups in total. The molecule has 0 aromatic heterocycles. The summed E-state index contributed by atoms with van der Waals surface area (Å²) in [5.74, 6) is 0. The molecule has 0 fully saturated rings. The molecule has 0 bridgehead atoms. The van der Waals surface area contributed by atoms with E-state index in [2.05, 4.69) is 0 Å². The van der Waals surface area contributed by atoms with E-state index in [1.54, 1.807) is 0 Å². The zero-order valence-corrected chi connectivity index (χ0v) is 4.39. The first-order valence-corrected chi connectivity index (χ1v) is 2.83. The third-order valence-electron chi connectivity index (χ3n) is 0.434. The van der Waals surface area contributed by atoms with Gasteiger partial charge in [-0.25, -0.2) is 4.21 Å². The molecular formula is C2H7NO3S. The maximum absolute atomic E-state index is 9.71. The molecule has 0 aliphatic heterocycles. The van der Waals surface area contributed by atoms with Crippen molar-refractivity contribution in [1.82, 2.24) is 0 Å². The summed E-state index contributed by atoms with van der Waals surface area (Å²) in [6.07, 6.45) is 0.